The van der Waals surface area contributed by atoms with Crippen molar-refractivity contribution in [3.8, 4) is 0 Å². The van der Waals surface area contributed by atoms with Gasteiger partial charge >= 0.3 is 0 Å². The van der Waals surface area contributed by atoms with Gasteiger partial charge in [0.15, 0.2) is 0 Å². The molecule has 0 spiro atoms. The van der Waals surface area contributed by atoms with Crippen LogP contribution in [-0.4, -0.2) is 0 Å². The van der Waals surface area contributed by atoms with E-state index in [1.165, 1.54) is 43.8 Å². The van der Waals surface area contributed by atoms with Gasteiger partial charge in [-0.3, -0.25) is 0 Å². The fraction of sp³-hybridized carbons (Fsp3) is 0.0833. The third-order valence-corrected chi connectivity index (χ3v) is 4.92. The molecule has 0 amide bonds. The van der Waals surface area contributed by atoms with Crippen molar-refractivity contribution in [3.63, 3.8) is 0 Å². The van der Waals surface area contributed by atoms with E-state index < -0.39 is 0 Å². The Balaban J connectivity index is 1.78. The molecule has 0 bridgehead atoms. The Labute approximate surface area is 143 Å². The monoisotopic (exact) mass is 308 g/mol. The average Bonchev–Trinajstić information content (AvgIpc) is 2.63. The molecule has 4 aromatic carbocycles. The maximum Gasteiger partial charge on any atom is -0.0149 e. The van der Waals surface area contributed by atoms with Crippen LogP contribution >= 0.6 is 0 Å². The number of benzene rings is 4. The van der Waals surface area contributed by atoms with Gasteiger partial charge in [-0.1, -0.05) is 84.9 Å². The van der Waals surface area contributed by atoms with Gasteiger partial charge in [0.05, 0.1) is 0 Å². The van der Waals surface area contributed by atoms with Gasteiger partial charge < -0.3 is 0 Å². The van der Waals surface area contributed by atoms with Gasteiger partial charge in [-0.25, -0.2) is 0 Å². The molecule has 0 heterocycles. The summed E-state index contributed by atoms with van der Waals surface area (Å²) in [6, 6.07) is 26.0. The van der Waals surface area contributed by atoms with Crippen LogP contribution in [-0.2, 0) is 0 Å². The van der Waals surface area contributed by atoms with Crippen molar-refractivity contribution >= 4 is 33.7 Å². The third-order valence-electron chi connectivity index (χ3n) is 4.92. The first-order valence-electron chi connectivity index (χ1n) is 8.39. The van der Waals surface area contributed by atoms with Gasteiger partial charge in [-0.2, -0.15) is 0 Å². The molecule has 0 aliphatic carbocycles. The van der Waals surface area contributed by atoms with Crippen LogP contribution in [0.5, 0.6) is 0 Å². The minimum atomic E-state index is 1.28. The smallest absolute Gasteiger partial charge is 0.0149 e. The number of hydrogen-bond acceptors (Lipinski definition) is 0. The van der Waals surface area contributed by atoms with Gasteiger partial charge in [0, 0.05) is 0 Å². The SMILES string of the molecule is Cc1c(/C=C\c2ccc3ccccc3c2C)ccc2ccccc12. The maximum atomic E-state index is 2.24. The number of fused-ring (bicyclic) bond motifs is 2. The summed E-state index contributed by atoms with van der Waals surface area (Å²) >= 11 is 0. The van der Waals surface area contributed by atoms with Crippen molar-refractivity contribution in [1.82, 2.24) is 0 Å². The van der Waals surface area contributed by atoms with Crippen LogP contribution in [0.3, 0.4) is 0 Å². The zero-order valence-corrected chi connectivity index (χ0v) is 14.1. The van der Waals surface area contributed by atoms with Gasteiger partial charge in [0.1, 0.15) is 0 Å². The number of hydrogen-bond donors (Lipinski definition) is 0. The van der Waals surface area contributed by atoms with Crippen molar-refractivity contribution in [2.45, 2.75) is 13.8 Å². The molecule has 24 heavy (non-hydrogen) atoms. The van der Waals surface area contributed by atoms with Gasteiger partial charge in [0.2, 0.25) is 0 Å². The molecule has 0 fully saturated rings. The Hall–Kier alpha value is -2.86. The lowest BCUT2D eigenvalue weighted by Crippen LogP contribution is -1.85. The number of aryl methyl sites for hydroxylation is 2. The van der Waals surface area contributed by atoms with Gasteiger partial charge in [-0.15, -0.1) is 0 Å². The van der Waals surface area contributed by atoms with E-state index in [2.05, 4.69) is 98.8 Å². The molecule has 0 unspecified atom stereocenters. The predicted molar refractivity (Wildman–Crippen MR) is 106 cm³/mol. The van der Waals surface area contributed by atoms with Gasteiger partial charge in [-0.05, 0) is 57.6 Å². The summed E-state index contributed by atoms with van der Waals surface area (Å²) in [6.45, 7) is 4.41. The summed E-state index contributed by atoms with van der Waals surface area (Å²) in [5.41, 5.74) is 5.23. The molecular weight excluding hydrogens is 288 g/mol. The number of rotatable bonds is 2. The first-order chi connectivity index (χ1) is 11.7. The molecule has 4 rings (SSSR count). The Morgan fingerprint density at radius 1 is 0.500 bits per heavy atom. The fourth-order valence-electron chi connectivity index (χ4n) is 3.43. The highest BCUT2D eigenvalue weighted by Crippen LogP contribution is 2.26. The van der Waals surface area contributed by atoms with E-state index in [4.69, 9.17) is 0 Å². The third kappa shape index (κ3) is 2.51. The molecule has 0 N–H and O–H groups in total. The molecule has 0 saturated carbocycles. The molecule has 0 atom stereocenters. The Kier molecular flexibility index (Phi) is 3.66. The van der Waals surface area contributed by atoms with E-state index in [1.54, 1.807) is 0 Å². The second kappa shape index (κ2) is 5.98. The van der Waals surface area contributed by atoms with E-state index >= 15 is 0 Å². The van der Waals surface area contributed by atoms with Crippen molar-refractivity contribution in [2.24, 2.45) is 0 Å². The van der Waals surface area contributed by atoms with E-state index in [0.717, 1.165) is 0 Å². The summed E-state index contributed by atoms with van der Waals surface area (Å²) < 4.78 is 0. The first kappa shape index (κ1) is 14.7. The lowest BCUT2D eigenvalue weighted by atomic mass is 9.97. The van der Waals surface area contributed by atoms with Crippen LogP contribution in [0.1, 0.15) is 22.3 Å². The second-order valence-corrected chi connectivity index (χ2v) is 6.34. The van der Waals surface area contributed by atoms with Crippen LogP contribution in [0.15, 0.2) is 72.8 Å². The van der Waals surface area contributed by atoms with E-state index in [0.29, 0.717) is 0 Å². The molecule has 116 valence electrons. The van der Waals surface area contributed by atoms with Gasteiger partial charge in [0.25, 0.3) is 0 Å². The minimum Gasteiger partial charge on any atom is -0.0616 e. The highest BCUT2D eigenvalue weighted by Gasteiger charge is 2.03. The molecule has 4 aromatic rings. The second-order valence-electron chi connectivity index (χ2n) is 6.34. The zero-order chi connectivity index (χ0) is 16.5. The summed E-state index contributed by atoms with van der Waals surface area (Å²) in [5.74, 6) is 0. The zero-order valence-electron chi connectivity index (χ0n) is 14.1. The lowest BCUT2D eigenvalue weighted by molar-refractivity contribution is 1.49. The first-order valence-corrected chi connectivity index (χ1v) is 8.39. The summed E-state index contributed by atoms with van der Waals surface area (Å²) in [7, 11) is 0. The highest BCUT2D eigenvalue weighted by atomic mass is 14.1. The minimum absolute atomic E-state index is 1.28. The Morgan fingerprint density at radius 3 is 1.38 bits per heavy atom. The Bertz CT molecular complexity index is 981. The normalized spacial score (nSPS) is 11.6. The molecular formula is C24H20. The predicted octanol–water partition coefficient (Wildman–Crippen LogP) is 6.78. The quantitative estimate of drug-likeness (QED) is 0.358. The molecule has 0 saturated heterocycles. The van der Waals surface area contributed by atoms with Crippen LogP contribution in [0, 0.1) is 13.8 Å². The van der Waals surface area contributed by atoms with Crippen molar-refractivity contribution in [1.29, 1.82) is 0 Å². The topological polar surface area (TPSA) is 0 Å². The van der Waals surface area contributed by atoms with Crippen LogP contribution in [0.2, 0.25) is 0 Å². The molecule has 0 aliphatic heterocycles. The van der Waals surface area contributed by atoms with E-state index in [9.17, 15) is 0 Å². The lowest BCUT2D eigenvalue weighted by Gasteiger charge is -2.08. The van der Waals surface area contributed by atoms with Crippen molar-refractivity contribution in [3.05, 3.63) is 95.1 Å². The van der Waals surface area contributed by atoms with E-state index in [1.807, 2.05) is 0 Å². The molecule has 0 heteroatoms. The van der Waals surface area contributed by atoms with Crippen LogP contribution < -0.4 is 0 Å². The molecule has 0 radical (unpaired) electrons. The molecule has 0 aromatic heterocycles. The molecule has 0 nitrogen and oxygen atoms in total. The van der Waals surface area contributed by atoms with Crippen molar-refractivity contribution in [2.75, 3.05) is 0 Å². The summed E-state index contributed by atoms with van der Waals surface area (Å²) in [5, 5.41) is 5.26. The average molecular weight is 308 g/mol. The summed E-state index contributed by atoms with van der Waals surface area (Å²) in [6.07, 6.45) is 4.47. The largest absolute Gasteiger partial charge is 0.0616 e. The Morgan fingerprint density at radius 2 is 0.917 bits per heavy atom. The standard InChI is InChI=1S/C24H20/c1-17-19(13-15-21-7-3-5-9-23(17)21)11-12-20-14-16-22-8-4-6-10-24(22)18(20)2/h3-16H,1-2H3/b12-11-. The van der Waals surface area contributed by atoms with E-state index in [-0.39, 0.29) is 0 Å². The molecule has 0 aliphatic rings. The maximum absolute atomic E-state index is 2.24. The van der Waals surface area contributed by atoms with Crippen molar-refractivity contribution < 1.29 is 0 Å². The van der Waals surface area contributed by atoms with Crippen LogP contribution in [0.4, 0.5) is 0 Å². The summed E-state index contributed by atoms with van der Waals surface area (Å²) in [4.78, 5) is 0. The highest BCUT2D eigenvalue weighted by molar-refractivity contribution is 5.92. The fourth-order valence-corrected chi connectivity index (χ4v) is 3.43. The van der Waals surface area contributed by atoms with Crippen LogP contribution in [0.25, 0.3) is 33.7 Å².